The average Bonchev–Trinajstić information content (AvgIpc) is 2.79. The maximum absolute atomic E-state index is 11.8. The fourth-order valence-electron chi connectivity index (χ4n) is 4.34. The van der Waals surface area contributed by atoms with E-state index in [1.54, 1.807) is 7.05 Å². The Labute approximate surface area is 129 Å². The van der Waals surface area contributed by atoms with Crippen LogP contribution in [0.4, 0.5) is 0 Å². The van der Waals surface area contributed by atoms with Gasteiger partial charge in [0, 0.05) is 6.61 Å². The van der Waals surface area contributed by atoms with E-state index in [0.717, 1.165) is 12.3 Å². The van der Waals surface area contributed by atoms with Crippen LogP contribution in [0.5, 0.6) is 0 Å². The van der Waals surface area contributed by atoms with Gasteiger partial charge in [0.15, 0.2) is 0 Å². The first-order chi connectivity index (χ1) is 9.71. The van der Waals surface area contributed by atoms with Gasteiger partial charge in [0.05, 0.1) is 13.2 Å². The van der Waals surface area contributed by atoms with Crippen LogP contribution in [-0.4, -0.2) is 38.4 Å². The fourth-order valence-corrected chi connectivity index (χ4v) is 4.34. The van der Waals surface area contributed by atoms with Crippen molar-refractivity contribution in [1.82, 2.24) is 5.32 Å². The summed E-state index contributed by atoms with van der Waals surface area (Å²) in [5, 5.41) is 3.06. The first-order valence-electron chi connectivity index (χ1n) is 8.10. The first-order valence-corrected chi connectivity index (χ1v) is 8.10. The molecule has 2 rings (SSSR count). The number of carbonyl (C=O) groups is 1. The molecule has 2 fully saturated rings. The highest BCUT2D eigenvalue weighted by atomic mass is 16.5. The molecule has 122 valence electrons. The highest BCUT2D eigenvalue weighted by Crippen LogP contribution is 2.66. The van der Waals surface area contributed by atoms with Gasteiger partial charge in [-0.15, -0.1) is 0 Å². The topological polar surface area (TPSA) is 47.6 Å². The van der Waals surface area contributed by atoms with E-state index in [2.05, 4.69) is 26.1 Å². The molecular weight excluding hydrogens is 266 g/mol. The third kappa shape index (κ3) is 2.50. The largest absolute Gasteiger partial charge is 0.468 e. The lowest BCUT2D eigenvalue weighted by atomic mass is 9.70. The van der Waals surface area contributed by atoms with E-state index < -0.39 is 5.54 Å². The molecule has 2 saturated carbocycles. The summed E-state index contributed by atoms with van der Waals surface area (Å²) in [6.45, 7) is 9.62. The summed E-state index contributed by atoms with van der Waals surface area (Å²) in [7, 11) is 3.22. The van der Waals surface area contributed by atoms with Crippen molar-refractivity contribution in [3.05, 3.63) is 0 Å². The number of likely N-dealkylation sites (N-methyl/N-ethyl adjacent to an activating group) is 1. The number of ether oxygens (including phenoxy) is 2. The third-order valence-corrected chi connectivity index (χ3v) is 6.82. The van der Waals surface area contributed by atoms with Crippen LogP contribution in [0.3, 0.4) is 0 Å². The minimum absolute atomic E-state index is 0.229. The zero-order valence-electron chi connectivity index (χ0n) is 14.4. The second kappa shape index (κ2) is 5.54. The van der Waals surface area contributed by atoms with Crippen LogP contribution < -0.4 is 5.32 Å². The van der Waals surface area contributed by atoms with Gasteiger partial charge in [0.1, 0.15) is 5.54 Å². The van der Waals surface area contributed by atoms with Gasteiger partial charge in [0.2, 0.25) is 0 Å². The van der Waals surface area contributed by atoms with Crippen molar-refractivity contribution in [2.45, 2.75) is 65.0 Å². The number of fused-ring (bicyclic) bond motifs is 2. The number of rotatable bonds is 6. The molecule has 0 heterocycles. The Kier molecular flexibility index (Phi) is 4.42. The lowest BCUT2D eigenvalue weighted by molar-refractivity contribution is -0.149. The normalized spacial score (nSPS) is 36.5. The molecule has 4 atom stereocenters. The molecule has 1 N–H and O–H groups in total. The standard InChI is InChI=1S/C17H31NO3/c1-15(2)12-7-8-16(15,3)13(11-12)21-10-9-17(4,18-5)14(19)20-6/h12-13,18H,7-11H2,1-6H3. The average molecular weight is 297 g/mol. The monoisotopic (exact) mass is 297 g/mol. The van der Waals surface area contributed by atoms with Crippen LogP contribution in [0.25, 0.3) is 0 Å². The van der Waals surface area contributed by atoms with Gasteiger partial charge in [-0.1, -0.05) is 20.8 Å². The fraction of sp³-hybridized carbons (Fsp3) is 0.941. The number of hydrogen-bond donors (Lipinski definition) is 1. The van der Waals surface area contributed by atoms with E-state index in [1.165, 1.54) is 20.0 Å². The summed E-state index contributed by atoms with van der Waals surface area (Å²) in [5.41, 5.74) is -0.0197. The van der Waals surface area contributed by atoms with Gasteiger partial charge in [0.25, 0.3) is 0 Å². The molecule has 0 amide bonds. The molecule has 0 radical (unpaired) electrons. The third-order valence-electron chi connectivity index (χ3n) is 6.82. The second-order valence-electron chi connectivity index (χ2n) is 7.79. The van der Waals surface area contributed by atoms with Crippen molar-refractivity contribution in [3.8, 4) is 0 Å². The van der Waals surface area contributed by atoms with E-state index in [1.807, 2.05) is 6.92 Å². The Morgan fingerprint density at radius 1 is 1.38 bits per heavy atom. The van der Waals surface area contributed by atoms with E-state index in [4.69, 9.17) is 9.47 Å². The number of hydrogen-bond acceptors (Lipinski definition) is 4. The van der Waals surface area contributed by atoms with Crippen LogP contribution in [0.1, 0.15) is 53.4 Å². The second-order valence-corrected chi connectivity index (χ2v) is 7.79. The maximum Gasteiger partial charge on any atom is 0.325 e. The molecule has 4 nitrogen and oxygen atoms in total. The Bertz CT molecular complexity index is 409. The molecule has 0 aromatic carbocycles. The summed E-state index contributed by atoms with van der Waals surface area (Å²) in [5.74, 6) is 0.553. The summed E-state index contributed by atoms with van der Waals surface area (Å²) < 4.78 is 11.1. The Morgan fingerprint density at radius 2 is 2.05 bits per heavy atom. The molecule has 0 aromatic rings. The molecule has 2 bridgehead atoms. The van der Waals surface area contributed by atoms with Crippen molar-refractivity contribution in [3.63, 3.8) is 0 Å². The Hall–Kier alpha value is -0.610. The van der Waals surface area contributed by atoms with Crippen molar-refractivity contribution >= 4 is 5.97 Å². The van der Waals surface area contributed by atoms with Crippen LogP contribution in [-0.2, 0) is 14.3 Å². The summed E-state index contributed by atoms with van der Waals surface area (Å²) in [4.78, 5) is 11.8. The minimum atomic E-state index is -0.664. The van der Waals surface area contributed by atoms with E-state index in [9.17, 15) is 4.79 Å². The molecule has 0 spiro atoms. The van der Waals surface area contributed by atoms with Gasteiger partial charge in [-0.05, 0) is 56.4 Å². The summed E-state index contributed by atoms with van der Waals surface area (Å²) >= 11 is 0. The molecular formula is C17H31NO3. The molecule has 2 aliphatic carbocycles. The van der Waals surface area contributed by atoms with Crippen LogP contribution in [0.15, 0.2) is 0 Å². The van der Waals surface area contributed by atoms with Crippen molar-refractivity contribution in [1.29, 1.82) is 0 Å². The quantitative estimate of drug-likeness (QED) is 0.766. The number of nitrogens with one attached hydrogen (secondary N) is 1. The lowest BCUT2D eigenvalue weighted by Gasteiger charge is -2.39. The number of esters is 1. The molecule has 2 aliphatic rings. The van der Waals surface area contributed by atoms with E-state index in [-0.39, 0.29) is 11.4 Å². The summed E-state index contributed by atoms with van der Waals surface area (Å²) in [6.07, 6.45) is 4.71. The highest BCUT2D eigenvalue weighted by Gasteiger charge is 2.61. The maximum atomic E-state index is 11.8. The van der Waals surface area contributed by atoms with Gasteiger partial charge >= 0.3 is 5.97 Å². The van der Waals surface area contributed by atoms with Crippen LogP contribution in [0, 0.1) is 16.7 Å². The number of methoxy groups -OCH3 is 1. The van der Waals surface area contributed by atoms with E-state index in [0.29, 0.717) is 24.5 Å². The predicted octanol–water partition coefficient (Wildman–Crippen LogP) is 2.76. The van der Waals surface area contributed by atoms with Crippen LogP contribution in [0.2, 0.25) is 0 Å². The van der Waals surface area contributed by atoms with Crippen molar-refractivity contribution in [2.75, 3.05) is 20.8 Å². The molecule has 0 aromatic heterocycles. The zero-order chi connectivity index (χ0) is 15.9. The van der Waals surface area contributed by atoms with Crippen molar-refractivity contribution in [2.24, 2.45) is 16.7 Å². The predicted molar refractivity (Wildman–Crippen MR) is 83.1 cm³/mol. The van der Waals surface area contributed by atoms with Gasteiger partial charge in [-0.25, -0.2) is 0 Å². The first kappa shape index (κ1) is 16.8. The molecule has 4 heteroatoms. The Morgan fingerprint density at radius 3 is 2.48 bits per heavy atom. The molecule has 21 heavy (non-hydrogen) atoms. The van der Waals surface area contributed by atoms with Gasteiger partial charge in [-0.2, -0.15) is 0 Å². The smallest absolute Gasteiger partial charge is 0.325 e. The zero-order valence-corrected chi connectivity index (χ0v) is 14.4. The molecule has 0 aliphatic heterocycles. The van der Waals surface area contributed by atoms with E-state index >= 15 is 0 Å². The SMILES string of the molecule is CNC(C)(CCOC1CC2CCC1(C)C2(C)C)C(=O)OC. The van der Waals surface area contributed by atoms with Gasteiger partial charge in [-0.3, -0.25) is 4.79 Å². The van der Waals surface area contributed by atoms with Crippen molar-refractivity contribution < 1.29 is 14.3 Å². The molecule has 4 unspecified atom stereocenters. The lowest BCUT2D eigenvalue weighted by Crippen LogP contribution is -2.49. The Balaban J connectivity index is 1.92. The highest BCUT2D eigenvalue weighted by molar-refractivity contribution is 5.80. The minimum Gasteiger partial charge on any atom is -0.468 e. The number of carbonyl (C=O) groups excluding carboxylic acids is 1. The van der Waals surface area contributed by atoms with Gasteiger partial charge < -0.3 is 14.8 Å². The summed E-state index contributed by atoms with van der Waals surface area (Å²) in [6, 6.07) is 0. The van der Waals surface area contributed by atoms with Crippen LogP contribution >= 0.6 is 0 Å². The molecule has 0 saturated heterocycles.